The van der Waals surface area contributed by atoms with Crippen LogP contribution in [0.2, 0.25) is 0 Å². The third-order valence-electron chi connectivity index (χ3n) is 12.1. The molecule has 11 aromatic carbocycles. The van der Waals surface area contributed by atoms with Crippen LogP contribution in [0.25, 0.3) is 88.0 Å². The van der Waals surface area contributed by atoms with Crippen molar-refractivity contribution in [2.75, 3.05) is 4.90 Å². The number of rotatable bonds is 8. The lowest BCUT2D eigenvalue weighted by atomic mass is 9.87. The third kappa shape index (κ3) is 6.73. The Hall–Kier alpha value is -8.00. The first kappa shape index (κ1) is 36.1. The van der Waals surface area contributed by atoms with E-state index in [0.29, 0.717) is 0 Å². The quantitative estimate of drug-likeness (QED) is 0.139. The molecule has 1 nitrogen and oxygen atoms in total. The molecule has 0 fully saturated rings. The van der Waals surface area contributed by atoms with Gasteiger partial charge >= 0.3 is 0 Å². The minimum atomic E-state index is 1.09. The van der Waals surface area contributed by atoms with E-state index in [9.17, 15) is 0 Å². The van der Waals surface area contributed by atoms with Crippen LogP contribution < -0.4 is 4.90 Å². The van der Waals surface area contributed by atoms with Crippen LogP contribution in [0.5, 0.6) is 0 Å². The van der Waals surface area contributed by atoms with Crippen molar-refractivity contribution in [1.29, 1.82) is 0 Å². The molecule has 0 aliphatic heterocycles. The molecule has 0 bridgehead atoms. The normalized spacial score (nSPS) is 11.3. The summed E-state index contributed by atoms with van der Waals surface area (Å²) < 4.78 is 0. The van der Waals surface area contributed by atoms with Crippen molar-refractivity contribution in [3.05, 3.63) is 249 Å². The van der Waals surface area contributed by atoms with Gasteiger partial charge in [0.1, 0.15) is 0 Å². The fourth-order valence-corrected chi connectivity index (χ4v) is 9.11. The van der Waals surface area contributed by atoms with E-state index in [1.165, 1.54) is 82.4 Å². The lowest BCUT2D eigenvalue weighted by Crippen LogP contribution is -2.12. The maximum Gasteiger partial charge on any atom is 0.0546 e. The highest BCUT2D eigenvalue weighted by molar-refractivity contribution is 6.16. The molecule has 0 saturated carbocycles. The topological polar surface area (TPSA) is 3.24 Å². The van der Waals surface area contributed by atoms with E-state index in [0.717, 1.165) is 22.6 Å². The Kier molecular flexibility index (Phi) is 9.26. The molecule has 0 aliphatic rings. The molecule has 0 spiro atoms. The number of fused-ring (bicyclic) bond motifs is 4. The zero-order valence-corrected chi connectivity index (χ0v) is 33.6. The summed E-state index contributed by atoms with van der Waals surface area (Å²) in [6.07, 6.45) is 0. The van der Waals surface area contributed by atoms with Crippen LogP contribution in [-0.4, -0.2) is 0 Å². The maximum absolute atomic E-state index is 2.44. The molecular weight excluding hydrogens is 735 g/mol. The fourth-order valence-electron chi connectivity index (χ4n) is 9.11. The minimum absolute atomic E-state index is 1.09. The summed E-state index contributed by atoms with van der Waals surface area (Å²) in [5.74, 6) is 0. The van der Waals surface area contributed by atoms with Gasteiger partial charge in [-0.1, -0.05) is 212 Å². The monoisotopic (exact) mass is 775 g/mol. The van der Waals surface area contributed by atoms with Gasteiger partial charge in [-0.2, -0.15) is 0 Å². The predicted octanol–water partition coefficient (Wildman–Crippen LogP) is 17.0. The highest BCUT2D eigenvalue weighted by Gasteiger charge is 2.23. The Morgan fingerprint density at radius 2 is 0.656 bits per heavy atom. The molecule has 0 saturated heterocycles. The standard InChI is InChI=1S/C60H41N/c1-3-15-42(16-4-1)44-33-37-50(38-34-44)61(51-39-35-45(36-40-51)43-17-5-2-6-18-43)59-28-14-27-55(48-31-29-47(30-32-48)53-26-13-21-46-19-7-9-22-52(46)53)60(59)58-41-49-20-8-10-23-54(49)56-24-11-12-25-57(56)58/h1-41H. The van der Waals surface area contributed by atoms with Gasteiger partial charge in [-0.3, -0.25) is 0 Å². The second-order valence-corrected chi connectivity index (χ2v) is 15.7. The molecule has 0 N–H and O–H groups in total. The molecule has 0 unspecified atom stereocenters. The molecule has 0 radical (unpaired) electrons. The predicted molar refractivity (Wildman–Crippen MR) is 261 cm³/mol. The van der Waals surface area contributed by atoms with E-state index in [4.69, 9.17) is 0 Å². The molecule has 0 heterocycles. The van der Waals surface area contributed by atoms with Gasteiger partial charge in [0.2, 0.25) is 0 Å². The van der Waals surface area contributed by atoms with Crippen LogP contribution in [0.4, 0.5) is 17.1 Å². The Morgan fingerprint density at radius 3 is 1.28 bits per heavy atom. The summed E-state index contributed by atoms with van der Waals surface area (Å²) >= 11 is 0. The summed E-state index contributed by atoms with van der Waals surface area (Å²) in [6, 6.07) is 90.6. The molecule has 286 valence electrons. The van der Waals surface area contributed by atoms with Crippen LogP contribution in [0.3, 0.4) is 0 Å². The highest BCUT2D eigenvalue weighted by atomic mass is 15.1. The average molecular weight is 776 g/mol. The molecule has 0 amide bonds. The van der Waals surface area contributed by atoms with E-state index in [2.05, 4.69) is 254 Å². The summed E-state index contributed by atoms with van der Waals surface area (Å²) in [6.45, 7) is 0. The minimum Gasteiger partial charge on any atom is -0.310 e. The maximum atomic E-state index is 2.44. The zero-order valence-electron chi connectivity index (χ0n) is 33.6. The van der Waals surface area contributed by atoms with Gasteiger partial charge in [0.25, 0.3) is 0 Å². The Balaban J connectivity index is 1.15. The Morgan fingerprint density at radius 1 is 0.230 bits per heavy atom. The first-order chi connectivity index (χ1) is 30.3. The van der Waals surface area contributed by atoms with Crippen molar-refractivity contribution >= 4 is 49.4 Å². The first-order valence-corrected chi connectivity index (χ1v) is 21.0. The van der Waals surface area contributed by atoms with E-state index in [1.54, 1.807) is 0 Å². The number of benzene rings is 11. The van der Waals surface area contributed by atoms with Crippen molar-refractivity contribution < 1.29 is 0 Å². The molecule has 11 rings (SSSR count). The second kappa shape index (κ2) is 15.6. The lowest BCUT2D eigenvalue weighted by Gasteiger charge is -2.30. The van der Waals surface area contributed by atoms with Crippen LogP contribution in [-0.2, 0) is 0 Å². The van der Waals surface area contributed by atoms with Crippen molar-refractivity contribution in [2.45, 2.75) is 0 Å². The van der Waals surface area contributed by atoms with Gasteiger partial charge in [-0.15, -0.1) is 0 Å². The number of nitrogens with zero attached hydrogens (tertiary/aromatic N) is 1. The van der Waals surface area contributed by atoms with Crippen molar-refractivity contribution in [2.24, 2.45) is 0 Å². The highest BCUT2D eigenvalue weighted by Crippen LogP contribution is 2.49. The van der Waals surface area contributed by atoms with Gasteiger partial charge in [-0.25, -0.2) is 0 Å². The van der Waals surface area contributed by atoms with E-state index in [1.807, 2.05) is 0 Å². The molecule has 0 aromatic heterocycles. The second-order valence-electron chi connectivity index (χ2n) is 15.7. The molecule has 0 atom stereocenters. The van der Waals surface area contributed by atoms with Crippen LogP contribution >= 0.6 is 0 Å². The number of hydrogen-bond acceptors (Lipinski definition) is 1. The van der Waals surface area contributed by atoms with E-state index < -0.39 is 0 Å². The smallest absolute Gasteiger partial charge is 0.0546 e. The largest absolute Gasteiger partial charge is 0.310 e. The molecule has 0 aliphatic carbocycles. The number of hydrogen-bond donors (Lipinski definition) is 0. The summed E-state index contributed by atoms with van der Waals surface area (Å²) in [5.41, 5.74) is 15.2. The molecular formula is C60H41N. The van der Waals surface area contributed by atoms with Gasteiger partial charge in [0.05, 0.1) is 5.69 Å². The molecule has 61 heavy (non-hydrogen) atoms. The Labute approximate surface area is 357 Å². The van der Waals surface area contributed by atoms with Gasteiger partial charge in [-0.05, 0) is 119 Å². The van der Waals surface area contributed by atoms with E-state index >= 15 is 0 Å². The lowest BCUT2D eigenvalue weighted by molar-refractivity contribution is 1.28. The first-order valence-electron chi connectivity index (χ1n) is 21.0. The van der Waals surface area contributed by atoms with Gasteiger partial charge in [0.15, 0.2) is 0 Å². The van der Waals surface area contributed by atoms with Crippen molar-refractivity contribution in [3.8, 4) is 55.6 Å². The van der Waals surface area contributed by atoms with Crippen LogP contribution in [0.15, 0.2) is 249 Å². The SMILES string of the molecule is c1ccc(-c2ccc(N(c3ccc(-c4ccccc4)cc3)c3cccc(-c4ccc(-c5cccc6ccccc56)cc4)c3-c3cc4ccccc4c4ccccc34)cc2)cc1. The van der Waals surface area contributed by atoms with E-state index in [-0.39, 0.29) is 0 Å². The number of anilines is 3. The van der Waals surface area contributed by atoms with Crippen molar-refractivity contribution in [1.82, 2.24) is 0 Å². The molecule has 1 heteroatoms. The zero-order chi connectivity index (χ0) is 40.5. The van der Waals surface area contributed by atoms with Gasteiger partial charge < -0.3 is 4.90 Å². The molecule has 11 aromatic rings. The average Bonchev–Trinajstić information content (AvgIpc) is 3.35. The third-order valence-corrected chi connectivity index (χ3v) is 12.1. The Bertz CT molecular complexity index is 3220. The summed E-state index contributed by atoms with van der Waals surface area (Å²) in [5, 5.41) is 7.44. The fraction of sp³-hybridized carbons (Fsp3) is 0. The van der Waals surface area contributed by atoms with Gasteiger partial charge in [0, 0.05) is 16.9 Å². The summed E-state index contributed by atoms with van der Waals surface area (Å²) in [4.78, 5) is 2.44. The van der Waals surface area contributed by atoms with Crippen LogP contribution in [0.1, 0.15) is 0 Å². The van der Waals surface area contributed by atoms with Crippen molar-refractivity contribution in [3.63, 3.8) is 0 Å². The van der Waals surface area contributed by atoms with Crippen LogP contribution in [0, 0.1) is 0 Å². The summed E-state index contributed by atoms with van der Waals surface area (Å²) in [7, 11) is 0.